The predicted molar refractivity (Wildman–Crippen MR) is 102 cm³/mol. The highest BCUT2D eigenvalue weighted by Crippen LogP contribution is 2.33. The van der Waals surface area contributed by atoms with Crippen LogP contribution in [0.25, 0.3) is 10.2 Å². The van der Waals surface area contributed by atoms with Crippen molar-refractivity contribution in [1.82, 2.24) is 9.97 Å². The molecular weight excluding hydrogens is 358 g/mol. The molecule has 7 heteroatoms. The van der Waals surface area contributed by atoms with Crippen molar-refractivity contribution in [2.24, 2.45) is 0 Å². The highest BCUT2D eigenvalue weighted by Gasteiger charge is 2.20. The highest BCUT2D eigenvalue weighted by molar-refractivity contribution is 8.02. The van der Waals surface area contributed by atoms with E-state index in [1.165, 1.54) is 35.2 Å². The summed E-state index contributed by atoms with van der Waals surface area (Å²) in [4.78, 5) is 23.0. The fourth-order valence-electron chi connectivity index (χ4n) is 2.72. The van der Waals surface area contributed by atoms with Crippen LogP contribution >= 0.6 is 34.4 Å². The van der Waals surface area contributed by atoms with Crippen LogP contribution < -0.4 is 5.32 Å². The molecular formula is C17H17N3OS3. The first kappa shape index (κ1) is 16.1. The number of nitrogens with zero attached hydrogens (tertiary/aromatic N) is 2. The van der Waals surface area contributed by atoms with Gasteiger partial charge in [0.2, 0.25) is 5.91 Å². The van der Waals surface area contributed by atoms with Crippen LogP contribution in [0.3, 0.4) is 0 Å². The Morgan fingerprint density at radius 3 is 2.88 bits per heavy atom. The fourth-order valence-corrected chi connectivity index (χ4v) is 5.98. The average Bonchev–Trinajstić information content (AvgIpc) is 3.16. The number of hydrogen-bond donors (Lipinski definition) is 1. The molecule has 1 aliphatic rings. The zero-order valence-electron chi connectivity index (χ0n) is 13.2. The van der Waals surface area contributed by atoms with Gasteiger partial charge in [-0.15, -0.1) is 22.7 Å². The summed E-state index contributed by atoms with van der Waals surface area (Å²) < 4.78 is 2.08. The van der Waals surface area contributed by atoms with Gasteiger partial charge in [-0.25, -0.2) is 9.97 Å². The number of thioether (sulfide) groups is 1. The first-order valence-electron chi connectivity index (χ1n) is 8.01. The number of carbonyl (C=O) groups excluding carboxylic acids is 1. The summed E-state index contributed by atoms with van der Waals surface area (Å²) in [5, 5.41) is 3.51. The third-order valence-electron chi connectivity index (χ3n) is 4.00. The summed E-state index contributed by atoms with van der Waals surface area (Å²) in [6.45, 7) is 1.92. The number of aryl methyl sites for hydroxylation is 2. The first-order chi connectivity index (χ1) is 11.7. The molecule has 4 nitrogen and oxygen atoms in total. The van der Waals surface area contributed by atoms with Gasteiger partial charge in [0.15, 0.2) is 9.47 Å². The van der Waals surface area contributed by atoms with Crippen molar-refractivity contribution in [3.05, 3.63) is 34.8 Å². The van der Waals surface area contributed by atoms with E-state index in [9.17, 15) is 4.79 Å². The fraction of sp³-hybridized carbons (Fsp3) is 0.353. The van der Waals surface area contributed by atoms with E-state index in [1.54, 1.807) is 22.7 Å². The largest absolute Gasteiger partial charge is 0.301 e. The molecule has 3 aromatic rings. The first-order valence-corrected chi connectivity index (χ1v) is 10.5. The number of anilines is 1. The molecule has 0 saturated heterocycles. The van der Waals surface area contributed by atoms with E-state index in [2.05, 4.69) is 21.4 Å². The number of para-hydroxylation sites is 1. The zero-order chi connectivity index (χ0) is 16.5. The zero-order valence-corrected chi connectivity index (χ0v) is 15.7. The number of hydrogen-bond acceptors (Lipinski definition) is 6. The van der Waals surface area contributed by atoms with E-state index < -0.39 is 0 Å². The van der Waals surface area contributed by atoms with Crippen LogP contribution in [0.4, 0.5) is 5.13 Å². The Morgan fingerprint density at radius 1 is 1.21 bits per heavy atom. The topological polar surface area (TPSA) is 54.9 Å². The van der Waals surface area contributed by atoms with E-state index in [-0.39, 0.29) is 11.2 Å². The molecule has 4 rings (SSSR count). The molecule has 1 aliphatic carbocycles. The summed E-state index contributed by atoms with van der Waals surface area (Å²) in [6, 6.07) is 8.05. The molecule has 1 N–H and O–H groups in total. The molecule has 1 atom stereocenters. The number of thiazole rings is 2. The van der Waals surface area contributed by atoms with E-state index in [4.69, 9.17) is 0 Å². The number of amides is 1. The molecule has 24 heavy (non-hydrogen) atoms. The van der Waals surface area contributed by atoms with Crippen LogP contribution in [0.5, 0.6) is 0 Å². The number of benzene rings is 1. The summed E-state index contributed by atoms with van der Waals surface area (Å²) in [5.41, 5.74) is 2.17. The molecule has 2 heterocycles. The molecule has 2 aromatic heterocycles. The molecule has 0 aliphatic heterocycles. The second-order valence-corrected chi connectivity index (χ2v) is 9.50. The Hall–Kier alpha value is -1.44. The van der Waals surface area contributed by atoms with E-state index >= 15 is 0 Å². The molecule has 0 saturated carbocycles. The quantitative estimate of drug-likeness (QED) is 0.669. The van der Waals surface area contributed by atoms with Crippen molar-refractivity contribution in [2.45, 2.75) is 42.2 Å². The minimum atomic E-state index is -0.202. The van der Waals surface area contributed by atoms with Gasteiger partial charge in [-0.05, 0) is 44.7 Å². The second kappa shape index (κ2) is 6.82. The smallest absolute Gasteiger partial charge is 0.239 e. The molecule has 0 radical (unpaired) electrons. The van der Waals surface area contributed by atoms with Gasteiger partial charge in [0.1, 0.15) is 0 Å². The number of nitrogens with one attached hydrogen (secondary N) is 1. The van der Waals surface area contributed by atoms with Gasteiger partial charge in [-0.2, -0.15) is 0 Å². The maximum atomic E-state index is 12.5. The SMILES string of the molecule is C[C@H](Sc1nc2ccccc2s1)C(=O)Nc1nc2c(s1)CCCC2. The number of fused-ring (bicyclic) bond motifs is 2. The highest BCUT2D eigenvalue weighted by atomic mass is 32.2. The van der Waals surface area contributed by atoms with Crippen LogP contribution in [0.15, 0.2) is 28.6 Å². The van der Waals surface area contributed by atoms with Crippen molar-refractivity contribution in [1.29, 1.82) is 0 Å². The third-order valence-corrected chi connectivity index (χ3v) is 7.30. The molecule has 0 bridgehead atoms. The van der Waals surface area contributed by atoms with Crippen LogP contribution in [0.2, 0.25) is 0 Å². The molecule has 1 amide bonds. The maximum absolute atomic E-state index is 12.5. The Bertz CT molecular complexity index is 830. The van der Waals surface area contributed by atoms with Crippen molar-refractivity contribution >= 4 is 55.7 Å². The van der Waals surface area contributed by atoms with Crippen LogP contribution in [0, 0.1) is 0 Å². The lowest BCUT2D eigenvalue weighted by Gasteiger charge is -2.08. The lowest BCUT2D eigenvalue weighted by Crippen LogP contribution is -2.22. The second-order valence-electron chi connectivity index (χ2n) is 5.79. The van der Waals surface area contributed by atoms with Crippen LogP contribution in [-0.2, 0) is 17.6 Å². The predicted octanol–water partition coefficient (Wildman–Crippen LogP) is 4.75. The van der Waals surface area contributed by atoms with Crippen molar-refractivity contribution in [2.75, 3.05) is 5.32 Å². The Kier molecular flexibility index (Phi) is 4.56. The van der Waals surface area contributed by atoms with Crippen molar-refractivity contribution in [3.8, 4) is 0 Å². The average molecular weight is 376 g/mol. The lowest BCUT2D eigenvalue weighted by molar-refractivity contribution is -0.115. The van der Waals surface area contributed by atoms with Crippen molar-refractivity contribution in [3.63, 3.8) is 0 Å². The number of aromatic nitrogens is 2. The molecule has 1 aromatic carbocycles. The van der Waals surface area contributed by atoms with E-state index in [0.717, 1.165) is 32.5 Å². The summed E-state index contributed by atoms with van der Waals surface area (Å²) in [7, 11) is 0. The minimum absolute atomic E-state index is 0.00893. The Labute approximate surface area is 152 Å². The van der Waals surface area contributed by atoms with Gasteiger partial charge < -0.3 is 5.32 Å². The van der Waals surface area contributed by atoms with Gasteiger partial charge in [0.25, 0.3) is 0 Å². The van der Waals surface area contributed by atoms with E-state index in [0.29, 0.717) is 0 Å². The monoisotopic (exact) mass is 375 g/mol. The van der Waals surface area contributed by atoms with Crippen LogP contribution in [-0.4, -0.2) is 21.1 Å². The maximum Gasteiger partial charge on any atom is 0.239 e. The Balaban J connectivity index is 1.42. The molecule has 0 fully saturated rings. The van der Waals surface area contributed by atoms with Crippen molar-refractivity contribution < 1.29 is 4.79 Å². The lowest BCUT2D eigenvalue weighted by atomic mass is 10.0. The summed E-state index contributed by atoms with van der Waals surface area (Å²) in [6.07, 6.45) is 4.57. The van der Waals surface area contributed by atoms with Gasteiger partial charge >= 0.3 is 0 Å². The number of carbonyl (C=O) groups is 1. The standard InChI is InChI=1S/C17H17N3OS3/c1-10(22-17-19-12-7-3-5-9-14(12)24-17)15(21)20-16-18-11-6-2-4-8-13(11)23-16/h3,5,7,9-10H,2,4,6,8H2,1H3,(H,18,20,21)/t10-/m0/s1. The van der Waals surface area contributed by atoms with Gasteiger partial charge in [-0.3, -0.25) is 4.79 Å². The van der Waals surface area contributed by atoms with E-state index in [1.807, 2.05) is 25.1 Å². The third kappa shape index (κ3) is 3.34. The molecule has 0 unspecified atom stereocenters. The minimum Gasteiger partial charge on any atom is -0.301 e. The number of rotatable bonds is 4. The normalized spacial score (nSPS) is 15.2. The van der Waals surface area contributed by atoms with Gasteiger partial charge in [0, 0.05) is 4.88 Å². The van der Waals surface area contributed by atoms with Gasteiger partial charge in [0.05, 0.1) is 21.2 Å². The van der Waals surface area contributed by atoms with Gasteiger partial charge in [-0.1, -0.05) is 23.9 Å². The summed E-state index contributed by atoms with van der Waals surface area (Å²) in [5.74, 6) is -0.00893. The van der Waals surface area contributed by atoms with Crippen LogP contribution in [0.1, 0.15) is 30.3 Å². The Morgan fingerprint density at radius 2 is 2.04 bits per heavy atom. The summed E-state index contributed by atoms with van der Waals surface area (Å²) >= 11 is 4.76. The molecule has 124 valence electrons. The molecule has 0 spiro atoms.